The minimum Gasteiger partial charge on any atom is -0.343 e. The van der Waals surface area contributed by atoms with Gasteiger partial charge in [-0.05, 0) is 39.0 Å². The highest BCUT2D eigenvalue weighted by atomic mass is 15.3. The van der Waals surface area contributed by atoms with Gasteiger partial charge in [0.25, 0.3) is 0 Å². The molecule has 140 valence electrons. The van der Waals surface area contributed by atoms with Crippen LogP contribution in [0.25, 0.3) is 0 Å². The normalized spacial score (nSPS) is 16.1. The second-order valence-electron chi connectivity index (χ2n) is 7.21. The van der Waals surface area contributed by atoms with Crippen molar-refractivity contribution in [1.29, 1.82) is 0 Å². The fraction of sp³-hybridized carbons (Fsp3) is 0.857. The van der Waals surface area contributed by atoms with Gasteiger partial charge in [0.05, 0.1) is 12.7 Å². The number of amidine groups is 1. The first-order chi connectivity index (χ1) is 11.8. The third-order valence-electron chi connectivity index (χ3n) is 4.87. The number of rotatable bonds is 15. The standard InChI is InChI=1S/C21H41N3/c1-3-4-5-6-7-8-9-10-11-12-13-14-15-16-17-21-23-18-19-24(21)20(2)22/h11-12,20H,3-10,13-19,22H2,1-2H3/b12-11+. The van der Waals surface area contributed by atoms with Crippen molar-refractivity contribution in [3.05, 3.63) is 12.2 Å². The maximum Gasteiger partial charge on any atom is 0.100 e. The van der Waals surface area contributed by atoms with Gasteiger partial charge in [0.1, 0.15) is 5.84 Å². The van der Waals surface area contributed by atoms with Crippen LogP contribution in [0.4, 0.5) is 0 Å². The molecular weight excluding hydrogens is 294 g/mol. The predicted octanol–water partition coefficient (Wildman–Crippen LogP) is 5.65. The molecular formula is C21H41N3. The highest BCUT2D eigenvalue weighted by molar-refractivity contribution is 5.83. The maximum atomic E-state index is 5.97. The molecule has 24 heavy (non-hydrogen) atoms. The summed E-state index contributed by atoms with van der Waals surface area (Å²) in [4.78, 5) is 6.84. The first-order valence-corrected chi connectivity index (χ1v) is 10.5. The van der Waals surface area contributed by atoms with Crippen molar-refractivity contribution in [3.63, 3.8) is 0 Å². The molecule has 1 atom stereocenters. The van der Waals surface area contributed by atoms with Gasteiger partial charge in [-0.15, -0.1) is 0 Å². The Bertz CT molecular complexity index is 347. The number of hydrogen-bond acceptors (Lipinski definition) is 3. The van der Waals surface area contributed by atoms with Gasteiger partial charge in [0.2, 0.25) is 0 Å². The van der Waals surface area contributed by atoms with Crippen LogP contribution in [0, 0.1) is 0 Å². The van der Waals surface area contributed by atoms with Crippen LogP contribution in [0.2, 0.25) is 0 Å². The topological polar surface area (TPSA) is 41.6 Å². The fourth-order valence-corrected chi connectivity index (χ4v) is 3.35. The summed E-state index contributed by atoms with van der Waals surface area (Å²) in [7, 11) is 0. The SMILES string of the molecule is CCCCCCCCC/C=C/CCCCCC1=NCCN1C(C)N. The molecule has 1 heterocycles. The summed E-state index contributed by atoms with van der Waals surface area (Å²) < 4.78 is 0. The van der Waals surface area contributed by atoms with E-state index >= 15 is 0 Å². The number of unbranched alkanes of at least 4 members (excludes halogenated alkanes) is 10. The lowest BCUT2D eigenvalue weighted by molar-refractivity contribution is 0.359. The van der Waals surface area contributed by atoms with Gasteiger partial charge < -0.3 is 10.6 Å². The average Bonchev–Trinajstić information content (AvgIpc) is 3.04. The molecule has 3 nitrogen and oxygen atoms in total. The summed E-state index contributed by atoms with van der Waals surface area (Å²) in [6.45, 7) is 6.27. The van der Waals surface area contributed by atoms with Crippen molar-refractivity contribution in [2.24, 2.45) is 10.7 Å². The Morgan fingerprint density at radius 3 is 2.17 bits per heavy atom. The van der Waals surface area contributed by atoms with Gasteiger partial charge in [-0.1, -0.05) is 64.0 Å². The second kappa shape index (κ2) is 14.5. The zero-order valence-corrected chi connectivity index (χ0v) is 16.3. The van der Waals surface area contributed by atoms with E-state index in [1.165, 1.54) is 82.9 Å². The molecule has 0 aromatic rings. The van der Waals surface area contributed by atoms with E-state index in [9.17, 15) is 0 Å². The van der Waals surface area contributed by atoms with E-state index in [2.05, 4.69) is 35.9 Å². The van der Waals surface area contributed by atoms with E-state index in [-0.39, 0.29) is 6.17 Å². The molecule has 0 aliphatic carbocycles. The van der Waals surface area contributed by atoms with Crippen LogP contribution < -0.4 is 5.73 Å². The maximum absolute atomic E-state index is 5.97. The molecule has 1 rings (SSSR count). The average molecular weight is 336 g/mol. The molecule has 1 aliphatic heterocycles. The lowest BCUT2D eigenvalue weighted by Crippen LogP contribution is -2.41. The van der Waals surface area contributed by atoms with Gasteiger partial charge in [-0.3, -0.25) is 4.99 Å². The molecule has 2 N–H and O–H groups in total. The molecule has 1 aliphatic rings. The van der Waals surface area contributed by atoms with E-state index in [1.54, 1.807) is 0 Å². The Morgan fingerprint density at radius 1 is 0.958 bits per heavy atom. The lowest BCUT2D eigenvalue weighted by Gasteiger charge is -2.24. The van der Waals surface area contributed by atoms with Gasteiger partial charge >= 0.3 is 0 Å². The van der Waals surface area contributed by atoms with Crippen molar-refractivity contribution in [2.75, 3.05) is 13.1 Å². The quantitative estimate of drug-likeness (QED) is 0.310. The first kappa shape index (κ1) is 21.2. The summed E-state index contributed by atoms with van der Waals surface area (Å²) >= 11 is 0. The van der Waals surface area contributed by atoms with Crippen molar-refractivity contribution >= 4 is 5.84 Å². The minimum atomic E-state index is 0.112. The third kappa shape index (κ3) is 10.1. The first-order valence-electron chi connectivity index (χ1n) is 10.5. The highest BCUT2D eigenvalue weighted by Crippen LogP contribution is 2.13. The second-order valence-corrected chi connectivity index (χ2v) is 7.21. The summed E-state index contributed by atoms with van der Waals surface area (Å²) in [6, 6.07) is 0. The number of nitrogens with zero attached hydrogens (tertiary/aromatic N) is 2. The Labute approximate surface area is 150 Å². The van der Waals surface area contributed by atoms with Crippen LogP contribution in [-0.2, 0) is 0 Å². The van der Waals surface area contributed by atoms with Crippen LogP contribution in [0.1, 0.15) is 97.3 Å². The molecule has 0 aromatic heterocycles. The number of allylic oxidation sites excluding steroid dienone is 2. The van der Waals surface area contributed by atoms with E-state index in [4.69, 9.17) is 5.73 Å². The van der Waals surface area contributed by atoms with Crippen LogP contribution in [0.5, 0.6) is 0 Å². The molecule has 1 unspecified atom stereocenters. The summed E-state index contributed by atoms with van der Waals surface area (Å²) in [5.41, 5.74) is 5.97. The summed E-state index contributed by atoms with van der Waals surface area (Å²) in [6.07, 6.45) is 22.2. The van der Waals surface area contributed by atoms with Crippen LogP contribution >= 0.6 is 0 Å². The third-order valence-corrected chi connectivity index (χ3v) is 4.87. The van der Waals surface area contributed by atoms with E-state index < -0.39 is 0 Å². The largest absolute Gasteiger partial charge is 0.343 e. The Balaban J connectivity index is 1.86. The molecule has 0 amide bonds. The molecule has 0 bridgehead atoms. The van der Waals surface area contributed by atoms with E-state index in [0.717, 1.165) is 19.5 Å². The number of aliphatic imine (C=N–C) groups is 1. The zero-order chi connectivity index (χ0) is 17.5. The Hall–Kier alpha value is -0.830. The van der Waals surface area contributed by atoms with E-state index in [0.29, 0.717) is 0 Å². The Morgan fingerprint density at radius 2 is 1.54 bits per heavy atom. The van der Waals surface area contributed by atoms with Crippen LogP contribution in [0.3, 0.4) is 0 Å². The van der Waals surface area contributed by atoms with Gasteiger partial charge in [-0.2, -0.15) is 0 Å². The lowest BCUT2D eigenvalue weighted by atomic mass is 10.1. The van der Waals surface area contributed by atoms with Crippen molar-refractivity contribution in [2.45, 2.75) is 103 Å². The molecule has 0 saturated carbocycles. The number of hydrogen-bond donors (Lipinski definition) is 1. The van der Waals surface area contributed by atoms with Crippen LogP contribution in [-0.4, -0.2) is 30.0 Å². The fourth-order valence-electron chi connectivity index (χ4n) is 3.35. The van der Waals surface area contributed by atoms with Gasteiger partial charge in [-0.25, -0.2) is 0 Å². The molecule has 3 heteroatoms. The van der Waals surface area contributed by atoms with Crippen molar-refractivity contribution in [1.82, 2.24) is 4.90 Å². The van der Waals surface area contributed by atoms with Crippen LogP contribution in [0.15, 0.2) is 17.1 Å². The van der Waals surface area contributed by atoms with Crippen molar-refractivity contribution < 1.29 is 0 Å². The molecule has 0 aromatic carbocycles. The smallest absolute Gasteiger partial charge is 0.100 e. The monoisotopic (exact) mass is 335 g/mol. The molecule has 0 spiro atoms. The van der Waals surface area contributed by atoms with Crippen molar-refractivity contribution in [3.8, 4) is 0 Å². The van der Waals surface area contributed by atoms with E-state index in [1.807, 2.05) is 0 Å². The van der Waals surface area contributed by atoms with Gasteiger partial charge in [0, 0.05) is 13.0 Å². The predicted molar refractivity (Wildman–Crippen MR) is 107 cm³/mol. The van der Waals surface area contributed by atoms with Gasteiger partial charge in [0.15, 0.2) is 0 Å². The summed E-state index contributed by atoms with van der Waals surface area (Å²) in [5.74, 6) is 1.24. The number of nitrogens with two attached hydrogens (primary N) is 1. The Kier molecular flexibility index (Phi) is 12.8. The summed E-state index contributed by atoms with van der Waals surface area (Å²) in [5, 5.41) is 0. The highest BCUT2D eigenvalue weighted by Gasteiger charge is 2.18. The zero-order valence-electron chi connectivity index (χ0n) is 16.3. The molecule has 0 fully saturated rings. The minimum absolute atomic E-state index is 0.112. The molecule has 0 radical (unpaired) electrons. The molecule has 0 saturated heterocycles.